The molecule has 31 heavy (non-hydrogen) atoms. The number of rotatable bonds is 3. The lowest BCUT2D eigenvalue weighted by molar-refractivity contribution is -0.125. The molecule has 1 aliphatic heterocycles. The summed E-state index contributed by atoms with van der Waals surface area (Å²) in [6, 6.07) is 9.86. The van der Waals surface area contributed by atoms with Gasteiger partial charge in [0.25, 0.3) is 0 Å². The summed E-state index contributed by atoms with van der Waals surface area (Å²) in [6.45, 7) is 4.02. The van der Waals surface area contributed by atoms with Crippen molar-refractivity contribution in [3.63, 3.8) is 0 Å². The minimum Gasteiger partial charge on any atom is -0.456 e. The van der Waals surface area contributed by atoms with Crippen LogP contribution in [0.4, 0.5) is 5.69 Å². The van der Waals surface area contributed by atoms with Crippen LogP contribution in [0.25, 0.3) is 21.9 Å². The third-order valence-corrected chi connectivity index (χ3v) is 7.31. The molecule has 0 N–H and O–H groups in total. The fourth-order valence-electron chi connectivity index (χ4n) is 4.95. The number of thioether (sulfide) groups is 1. The average Bonchev–Trinajstić information content (AvgIpc) is 3.10. The van der Waals surface area contributed by atoms with E-state index in [4.69, 9.17) is 9.15 Å². The molecular weight excluding hydrogens is 410 g/mol. The highest BCUT2D eigenvalue weighted by atomic mass is 32.2. The Morgan fingerprint density at radius 1 is 1.06 bits per heavy atom. The predicted octanol–water partition coefficient (Wildman–Crippen LogP) is 6.12. The van der Waals surface area contributed by atoms with Crippen LogP contribution in [0.2, 0.25) is 0 Å². The zero-order chi connectivity index (χ0) is 21.7. The smallest absolute Gasteiger partial charge is 0.342 e. The monoisotopic (exact) mass is 437 g/mol. The maximum absolute atomic E-state index is 13.5. The van der Waals surface area contributed by atoms with E-state index in [2.05, 4.69) is 25.3 Å². The molecule has 1 aliphatic carbocycles. The molecule has 1 amide bonds. The van der Waals surface area contributed by atoms with Crippen molar-refractivity contribution in [2.24, 2.45) is 11.8 Å². The zero-order valence-corrected chi connectivity index (χ0v) is 19.0. The minimum atomic E-state index is -0.616. The van der Waals surface area contributed by atoms with E-state index in [0.29, 0.717) is 22.8 Å². The van der Waals surface area contributed by atoms with Gasteiger partial charge < -0.3 is 9.15 Å². The van der Waals surface area contributed by atoms with Gasteiger partial charge in [-0.05, 0) is 74.6 Å². The number of carbonyl (C=O) groups excluding carboxylic acids is 2. The van der Waals surface area contributed by atoms with Crippen LogP contribution in [-0.4, -0.2) is 24.4 Å². The van der Waals surface area contributed by atoms with Crippen molar-refractivity contribution >= 4 is 51.3 Å². The second kappa shape index (κ2) is 7.90. The Morgan fingerprint density at radius 2 is 1.81 bits per heavy atom. The normalized spacial score (nSPS) is 23.8. The molecule has 0 spiro atoms. The molecule has 2 aromatic carbocycles. The van der Waals surface area contributed by atoms with E-state index in [0.717, 1.165) is 47.8 Å². The number of carbonyl (C=O) groups is 2. The van der Waals surface area contributed by atoms with Gasteiger partial charge in [-0.2, -0.15) is 11.8 Å². The summed E-state index contributed by atoms with van der Waals surface area (Å²) in [6.07, 6.45) is 5.37. The van der Waals surface area contributed by atoms with Gasteiger partial charge >= 0.3 is 5.97 Å². The molecule has 0 bridgehead atoms. The highest BCUT2D eigenvalue weighted by Gasteiger charge is 2.38. The molecule has 6 heteroatoms. The van der Waals surface area contributed by atoms with Crippen molar-refractivity contribution in [3.8, 4) is 0 Å². The first kappa shape index (κ1) is 20.4. The Morgan fingerprint density at radius 3 is 2.55 bits per heavy atom. The lowest BCUT2D eigenvalue weighted by Crippen LogP contribution is -2.48. The van der Waals surface area contributed by atoms with Crippen LogP contribution in [0.3, 0.4) is 0 Å². The van der Waals surface area contributed by atoms with Crippen LogP contribution in [0.5, 0.6) is 0 Å². The molecule has 5 rings (SSSR count). The quantitative estimate of drug-likeness (QED) is 0.462. The van der Waals surface area contributed by atoms with Crippen LogP contribution < -0.4 is 4.90 Å². The van der Waals surface area contributed by atoms with E-state index in [1.54, 1.807) is 29.7 Å². The van der Waals surface area contributed by atoms with Gasteiger partial charge in [0.2, 0.25) is 5.91 Å². The average molecular weight is 438 g/mol. The first-order valence-corrected chi connectivity index (χ1v) is 12.4. The Labute approximate surface area is 186 Å². The van der Waals surface area contributed by atoms with Gasteiger partial charge in [0.05, 0.1) is 11.3 Å². The van der Waals surface area contributed by atoms with Gasteiger partial charge in [0.15, 0.2) is 6.23 Å². The van der Waals surface area contributed by atoms with Gasteiger partial charge in [0, 0.05) is 22.4 Å². The number of anilines is 1. The predicted molar refractivity (Wildman–Crippen MR) is 124 cm³/mol. The van der Waals surface area contributed by atoms with E-state index in [-0.39, 0.29) is 11.8 Å². The van der Waals surface area contributed by atoms with E-state index in [9.17, 15) is 9.59 Å². The number of cyclic esters (lactones) is 1. The molecule has 1 atom stereocenters. The van der Waals surface area contributed by atoms with E-state index in [1.807, 2.05) is 12.1 Å². The van der Waals surface area contributed by atoms with Gasteiger partial charge in [-0.15, -0.1) is 0 Å². The van der Waals surface area contributed by atoms with Crippen molar-refractivity contribution in [1.29, 1.82) is 0 Å². The number of esters is 1. The summed E-state index contributed by atoms with van der Waals surface area (Å²) >= 11 is 1.77. The first-order chi connectivity index (χ1) is 15.0. The van der Waals surface area contributed by atoms with Crippen LogP contribution in [0.1, 0.15) is 55.5 Å². The highest BCUT2D eigenvalue weighted by Crippen LogP contribution is 2.40. The fraction of sp³-hybridized carbons (Fsp3) is 0.440. The summed E-state index contributed by atoms with van der Waals surface area (Å²) in [7, 11) is 0. The summed E-state index contributed by atoms with van der Waals surface area (Å²) < 4.78 is 11.6. The summed E-state index contributed by atoms with van der Waals surface area (Å²) in [5.41, 5.74) is 3.67. The van der Waals surface area contributed by atoms with Crippen LogP contribution in [0, 0.1) is 11.8 Å². The van der Waals surface area contributed by atoms with E-state index >= 15 is 0 Å². The van der Waals surface area contributed by atoms with Gasteiger partial charge in [-0.3, -0.25) is 9.69 Å². The lowest BCUT2D eigenvalue weighted by Gasteiger charge is -2.37. The first-order valence-electron chi connectivity index (χ1n) is 11.0. The maximum atomic E-state index is 13.5. The maximum Gasteiger partial charge on any atom is 0.342 e. The van der Waals surface area contributed by atoms with E-state index in [1.165, 1.54) is 5.56 Å². The van der Waals surface area contributed by atoms with Crippen LogP contribution in [-0.2, 0) is 15.3 Å². The molecule has 5 nitrogen and oxygen atoms in total. The fourth-order valence-corrected chi connectivity index (χ4v) is 5.46. The molecule has 1 unspecified atom stereocenters. The molecule has 2 heterocycles. The molecule has 2 aliphatic rings. The number of hydrogen-bond donors (Lipinski definition) is 0. The number of nitrogens with zero attached hydrogens (tertiary/aromatic N) is 1. The molecule has 1 aromatic heterocycles. The highest BCUT2D eigenvalue weighted by molar-refractivity contribution is 7.97. The summed E-state index contributed by atoms with van der Waals surface area (Å²) in [5.74, 6) is 1.22. The number of fused-ring (bicyclic) bond motifs is 4. The standard InChI is InChI=1S/C25H27NO4S/c1-14-4-7-17(8-5-14)24(27)26-15(2)29-25(28)20-12-23-19(11-21(20)26)18-10-16(13-31-3)6-9-22(18)30-23/h6,9-12,14-15,17H,4-5,7-8,13H2,1-3H3. The number of benzene rings is 2. The second-order valence-corrected chi connectivity index (χ2v) is 9.77. The second-order valence-electron chi connectivity index (χ2n) is 8.90. The number of furan rings is 1. The van der Waals surface area contributed by atoms with Crippen LogP contribution in [0.15, 0.2) is 34.7 Å². The van der Waals surface area contributed by atoms with Gasteiger partial charge in [-0.1, -0.05) is 13.0 Å². The topological polar surface area (TPSA) is 59.8 Å². The Hall–Kier alpha value is -2.47. The number of amides is 1. The zero-order valence-electron chi connectivity index (χ0n) is 18.1. The van der Waals surface area contributed by atoms with Gasteiger partial charge in [-0.25, -0.2) is 4.79 Å². The van der Waals surface area contributed by atoms with Crippen molar-refractivity contribution in [2.45, 2.75) is 51.5 Å². The summed E-state index contributed by atoms with van der Waals surface area (Å²) in [5, 5.41) is 1.93. The van der Waals surface area contributed by atoms with Crippen molar-refractivity contribution in [2.75, 3.05) is 11.2 Å². The Kier molecular flexibility index (Phi) is 5.21. The van der Waals surface area contributed by atoms with Crippen LogP contribution >= 0.6 is 11.8 Å². The Bertz CT molecular complexity index is 1180. The molecule has 1 fully saturated rings. The molecular formula is C25H27NO4S. The molecule has 1 saturated carbocycles. The summed E-state index contributed by atoms with van der Waals surface area (Å²) in [4.78, 5) is 27.9. The van der Waals surface area contributed by atoms with Crippen molar-refractivity contribution in [3.05, 3.63) is 41.5 Å². The minimum absolute atomic E-state index is 0.0201. The molecule has 162 valence electrons. The molecule has 0 saturated heterocycles. The van der Waals surface area contributed by atoms with E-state index < -0.39 is 12.2 Å². The largest absolute Gasteiger partial charge is 0.456 e. The number of hydrogen-bond acceptors (Lipinski definition) is 5. The SMILES string of the molecule is CSCc1ccc2oc3cc4c(cc3c2c1)N(C(=O)C1CCC(C)CC1)C(C)OC4=O. The molecule has 3 aromatic rings. The lowest BCUT2D eigenvalue weighted by atomic mass is 9.82. The van der Waals surface area contributed by atoms with Gasteiger partial charge in [0.1, 0.15) is 11.2 Å². The van der Waals surface area contributed by atoms with Crippen molar-refractivity contribution < 1.29 is 18.7 Å². The number of ether oxygens (including phenoxy) is 1. The van der Waals surface area contributed by atoms with Crippen molar-refractivity contribution in [1.82, 2.24) is 0 Å². The third-order valence-electron chi connectivity index (χ3n) is 6.69. The Balaban J connectivity index is 1.62. The molecule has 0 radical (unpaired) electrons. The third kappa shape index (κ3) is 3.51.